The second-order valence-corrected chi connectivity index (χ2v) is 8.29. The zero-order chi connectivity index (χ0) is 23.7. The maximum absolute atomic E-state index is 12.5. The van der Waals surface area contributed by atoms with E-state index in [-0.39, 0.29) is 36.8 Å². The van der Waals surface area contributed by atoms with E-state index in [2.05, 4.69) is 10.6 Å². The maximum Gasteiger partial charge on any atom is 0.513 e. The van der Waals surface area contributed by atoms with Crippen molar-refractivity contribution in [1.82, 2.24) is 15.5 Å². The molecular weight excluding hydrogens is 418 g/mol. The molecule has 0 aliphatic carbocycles. The molecule has 2 N–H and O–H groups in total. The van der Waals surface area contributed by atoms with Gasteiger partial charge in [-0.15, -0.1) is 0 Å². The van der Waals surface area contributed by atoms with E-state index in [1.165, 1.54) is 12.1 Å². The lowest BCUT2D eigenvalue weighted by Crippen LogP contribution is -2.49. The molecule has 1 aliphatic rings. The average molecular weight is 450 g/mol. The average Bonchev–Trinajstić information content (AvgIpc) is 2.72. The van der Waals surface area contributed by atoms with Crippen molar-refractivity contribution in [3.05, 3.63) is 29.8 Å². The van der Waals surface area contributed by atoms with E-state index in [1.807, 2.05) is 0 Å². The van der Waals surface area contributed by atoms with Crippen LogP contribution in [0.25, 0.3) is 0 Å². The lowest BCUT2D eigenvalue weighted by atomic mass is 10.0. The number of carbonyl (C=O) groups is 4. The van der Waals surface area contributed by atoms with E-state index in [0.717, 1.165) is 0 Å². The third kappa shape index (κ3) is 8.44. The van der Waals surface area contributed by atoms with Gasteiger partial charge in [0.15, 0.2) is 0 Å². The minimum absolute atomic E-state index is 0.0687. The zero-order valence-electron chi connectivity index (χ0n) is 18.9. The molecule has 0 atom stereocenters. The number of benzene rings is 1. The van der Waals surface area contributed by atoms with E-state index < -0.39 is 17.8 Å². The molecular formula is C22H31N3O7. The molecule has 32 heavy (non-hydrogen) atoms. The maximum atomic E-state index is 12.5. The molecule has 0 radical (unpaired) electrons. The highest BCUT2D eigenvalue weighted by atomic mass is 16.7. The third-order valence-electron chi connectivity index (χ3n) is 4.55. The summed E-state index contributed by atoms with van der Waals surface area (Å²) in [5.41, 5.74) is -0.195. The number of amides is 3. The van der Waals surface area contributed by atoms with Gasteiger partial charge in [0.2, 0.25) is 5.91 Å². The summed E-state index contributed by atoms with van der Waals surface area (Å²) in [7, 11) is 0. The first-order valence-electron chi connectivity index (χ1n) is 10.6. The van der Waals surface area contributed by atoms with Crippen molar-refractivity contribution in [3.8, 4) is 5.75 Å². The first-order valence-corrected chi connectivity index (χ1v) is 10.6. The first kappa shape index (κ1) is 25.0. The molecule has 0 unspecified atom stereocenters. The molecule has 10 heteroatoms. The number of nitrogens with one attached hydrogen (secondary N) is 2. The second-order valence-electron chi connectivity index (χ2n) is 8.29. The Morgan fingerprint density at radius 1 is 1.06 bits per heavy atom. The SMILES string of the molecule is CCOC(=O)Oc1ccc(C(=O)NC2CCN(C(=O)CNC(=O)OC(C)(C)C)CC2)cc1. The molecule has 2 rings (SSSR count). The number of hydrogen-bond acceptors (Lipinski definition) is 7. The second kappa shape index (κ2) is 11.4. The fraction of sp³-hybridized carbons (Fsp3) is 0.545. The normalized spacial score (nSPS) is 14.3. The lowest BCUT2D eigenvalue weighted by molar-refractivity contribution is -0.131. The third-order valence-corrected chi connectivity index (χ3v) is 4.55. The van der Waals surface area contributed by atoms with Crippen molar-refractivity contribution < 1.29 is 33.4 Å². The topological polar surface area (TPSA) is 123 Å². The van der Waals surface area contributed by atoms with Crippen molar-refractivity contribution in [2.75, 3.05) is 26.2 Å². The number of carbonyl (C=O) groups excluding carboxylic acids is 4. The van der Waals surface area contributed by atoms with Gasteiger partial charge in [0.05, 0.1) is 6.61 Å². The number of piperidine rings is 1. The number of ether oxygens (including phenoxy) is 3. The highest BCUT2D eigenvalue weighted by molar-refractivity contribution is 5.94. The van der Waals surface area contributed by atoms with Gasteiger partial charge in [0.1, 0.15) is 17.9 Å². The van der Waals surface area contributed by atoms with Crippen molar-refractivity contribution in [2.45, 2.75) is 52.2 Å². The van der Waals surface area contributed by atoms with Crippen LogP contribution in [0.15, 0.2) is 24.3 Å². The summed E-state index contributed by atoms with van der Waals surface area (Å²) in [6.07, 6.45) is -0.221. The van der Waals surface area contributed by atoms with Crippen LogP contribution in [0.2, 0.25) is 0 Å². The molecule has 1 saturated heterocycles. The Bertz CT molecular complexity index is 810. The van der Waals surface area contributed by atoms with E-state index in [0.29, 0.717) is 31.5 Å². The number of alkyl carbamates (subject to hydrolysis) is 1. The summed E-state index contributed by atoms with van der Waals surface area (Å²) in [6, 6.07) is 6.09. The summed E-state index contributed by atoms with van der Waals surface area (Å²) >= 11 is 0. The molecule has 0 bridgehead atoms. The van der Waals surface area contributed by atoms with Crippen LogP contribution >= 0.6 is 0 Å². The van der Waals surface area contributed by atoms with Gasteiger partial charge in [-0.3, -0.25) is 9.59 Å². The molecule has 1 aliphatic heterocycles. The van der Waals surface area contributed by atoms with Crippen LogP contribution in [0.5, 0.6) is 5.75 Å². The molecule has 1 aromatic carbocycles. The quantitative estimate of drug-likeness (QED) is 0.505. The largest absolute Gasteiger partial charge is 0.513 e. The Kier molecular flexibility index (Phi) is 8.86. The molecule has 1 fully saturated rings. The minimum atomic E-state index is -0.799. The minimum Gasteiger partial charge on any atom is -0.444 e. The summed E-state index contributed by atoms with van der Waals surface area (Å²) in [5.74, 6) is -0.159. The van der Waals surface area contributed by atoms with Gasteiger partial charge < -0.3 is 29.7 Å². The summed E-state index contributed by atoms with van der Waals surface area (Å²) < 4.78 is 14.8. The van der Waals surface area contributed by atoms with Crippen LogP contribution < -0.4 is 15.4 Å². The highest BCUT2D eigenvalue weighted by Crippen LogP contribution is 2.15. The number of rotatable bonds is 6. The number of likely N-dealkylation sites (tertiary alicyclic amines) is 1. The molecule has 3 amide bonds. The molecule has 0 spiro atoms. The smallest absolute Gasteiger partial charge is 0.444 e. The van der Waals surface area contributed by atoms with Gasteiger partial charge in [0.25, 0.3) is 5.91 Å². The predicted octanol–water partition coefficient (Wildman–Crippen LogP) is 2.47. The molecule has 176 valence electrons. The van der Waals surface area contributed by atoms with Crippen molar-refractivity contribution in [3.63, 3.8) is 0 Å². The Morgan fingerprint density at radius 3 is 2.25 bits per heavy atom. The van der Waals surface area contributed by atoms with Crippen LogP contribution in [0.1, 0.15) is 50.9 Å². The molecule has 1 heterocycles. The Morgan fingerprint density at radius 2 is 1.69 bits per heavy atom. The van der Waals surface area contributed by atoms with E-state index >= 15 is 0 Å². The van der Waals surface area contributed by atoms with Crippen molar-refractivity contribution >= 4 is 24.1 Å². The van der Waals surface area contributed by atoms with Gasteiger partial charge in [-0.25, -0.2) is 9.59 Å². The Hall–Kier alpha value is -3.30. The molecule has 10 nitrogen and oxygen atoms in total. The van der Waals surface area contributed by atoms with Crippen LogP contribution in [-0.4, -0.2) is 66.8 Å². The van der Waals surface area contributed by atoms with Gasteiger partial charge >= 0.3 is 12.2 Å². The monoisotopic (exact) mass is 449 g/mol. The van der Waals surface area contributed by atoms with E-state index in [1.54, 1.807) is 44.7 Å². The van der Waals surface area contributed by atoms with Gasteiger partial charge in [-0.05, 0) is 64.8 Å². The van der Waals surface area contributed by atoms with Crippen LogP contribution in [0, 0.1) is 0 Å². The lowest BCUT2D eigenvalue weighted by Gasteiger charge is -2.32. The van der Waals surface area contributed by atoms with Crippen molar-refractivity contribution in [2.24, 2.45) is 0 Å². The Balaban J connectivity index is 1.74. The fourth-order valence-corrected chi connectivity index (χ4v) is 3.03. The van der Waals surface area contributed by atoms with Gasteiger partial charge in [-0.1, -0.05) is 0 Å². The zero-order valence-corrected chi connectivity index (χ0v) is 18.9. The molecule has 0 saturated carbocycles. The summed E-state index contributed by atoms with van der Waals surface area (Å²) in [4.78, 5) is 49.4. The molecule has 1 aromatic rings. The first-order chi connectivity index (χ1) is 15.1. The van der Waals surface area contributed by atoms with E-state index in [9.17, 15) is 19.2 Å². The number of hydrogen-bond donors (Lipinski definition) is 2. The summed E-state index contributed by atoms with van der Waals surface area (Å²) in [5, 5.41) is 5.42. The molecule has 0 aromatic heterocycles. The van der Waals surface area contributed by atoms with Crippen LogP contribution in [-0.2, 0) is 14.3 Å². The van der Waals surface area contributed by atoms with Crippen LogP contribution in [0.4, 0.5) is 9.59 Å². The van der Waals surface area contributed by atoms with E-state index in [4.69, 9.17) is 14.2 Å². The standard InChI is InChI=1S/C22H31N3O7/c1-5-30-21(29)31-17-8-6-15(7-9-17)19(27)24-16-10-12-25(13-11-16)18(26)14-23-20(28)32-22(2,3)4/h6-9,16H,5,10-14H2,1-4H3,(H,23,28)(H,24,27). The van der Waals surface area contributed by atoms with Crippen molar-refractivity contribution in [1.29, 1.82) is 0 Å². The number of nitrogens with zero attached hydrogens (tertiary/aromatic N) is 1. The summed E-state index contributed by atoms with van der Waals surface area (Å²) in [6.45, 7) is 7.96. The van der Waals surface area contributed by atoms with Gasteiger partial charge in [-0.2, -0.15) is 0 Å². The highest BCUT2D eigenvalue weighted by Gasteiger charge is 2.25. The van der Waals surface area contributed by atoms with Crippen LogP contribution in [0.3, 0.4) is 0 Å². The Labute approximate surface area is 187 Å². The fourth-order valence-electron chi connectivity index (χ4n) is 3.03. The van der Waals surface area contributed by atoms with Gasteiger partial charge in [0, 0.05) is 24.7 Å². The predicted molar refractivity (Wildman–Crippen MR) is 115 cm³/mol.